The molecule has 3 aromatic heterocycles. The van der Waals surface area contributed by atoms with Crippen LogP contribution in [0.15, 0.2) is 54.9 Å². The molecule has 0 bridgehead atoms. The van der Waals surface area contributed by atoms with Crippen molar-refractivity contribution in [2.75, 3.05) is 5.32 Å². The zero-order valence-electron chi connectivity index (χ0n) is 15.5. The molecule has 0 fully saturated rings. The van der Waals surface area contributed by atoms with E-state index in [-0.39, 0.29) is 5.91 Å². The molecular formula is C20H18N6OS. The van der Waals surface area contributed by atoms with Crippen molar-refractivity contribution in [3.8, 4) is 16.4 Å². The van der Waals surface area contributed by atoms with Gasteiger partial charge in [-0.05, 0) is 37.6 Å². The molecule has 1 amide bonds. The van der Waals surface area contributed by atoms with Crippen LogP contribution in [0, 0.1) is 6.92 Å². The maximum absolute atomic E-state index is 12.8. The minimum Gasteiger partial charge on any atom is -0.296 e. The molecule has 28 heavy (non-hydrogen) atoms. The number of nitrogens with one attached hydrogen (secondary N) is 1. The predicted octanol–water partition coefficient (Wildman–Crippen LogP) is 3.91. The van der Waals surface area contributed by atoms with Gasteiger partial charge in [0, 0.05) is 6.20 Å². The maximum Gasteiger partial charge on any atom is 0.260 e. The van der Waals surface area contributed by atoms with Crippen molar-refractivity contribution in [1.82, 2.24) is 25.0 Å². The lowest BCUT2D eigenvalue weighted by Gasteiger charge is -2.08. The van der Waals surface area contributed by atoms with Gasteiger partial charge in [0.25, 0.3) is 5.91 Å². The molecule has 0 aliphatic rings. The van der Waals surface area contributed by atoms with Crippen molar-refractivity contribution < 1.29 is 4.79 Å². The lowest BCUT2D eigenvalue weighted by molar-refractivity contribution is 0.102. The number of hydrogen-bond acceptors (Lipinski definition) is 6. The summed E-state index contributed by atoms with van der Waals surface area (Å²) in [6.07, 6.45) is 3.96. The maximum atomic E-state index is 12.8. The predicted molar refractivity (Wildman–Crippen MR) is 109 cm³/mol. The normalized spacial score (nSPS) is 10.8. The van der Waals surface area contributed by atoms with Crippen LogP contribution in [0.2, 0.25) is 0 Å². The minimum absolute atomic E-state index is 0.251. The molecule has 140 valence electrons. The molecule has 0 spiro atoms. The van der Waals surface area contributed by atoms with E-state index < -0.39 is 0 Å². The summed E-state index contributed by atoms with van der Waals surface area (Å²) >= 11 is 1.28. The molecular weight excluding hydrogens is 372 g/mol. The molecule has 0 aliphatic carbocycles. The Labute approximate surface area is 166 Å². The van der Waals surface area contributed by atoms with Gasteiger partial charge in [-0.3, -0.25) is 15.1 Å². The highest BCUT2D eigenvalue weighted by Gasteiger charge is 2.19. The van der Waals surface area contributed by atoms with Crippen LogP contribution in [0.4, 0.5) is 5.13 Å². The quantitative estimate of drug-likeness (QED) is 0.558. The first-order valence-electron chi connectivity index (χ1n) is 8.86. The van der Waals surface area contributed by atoms with Gasteiger partial charge in [0.15, 0.2) is 5.01 Å². The second kappa shape index (κ2) is 7.69. The van der Waals surface area contributed by atoms with Gasteiger partial charge in [0.2, 0.25) is 5.13 Å². The average Bonchev–Trinajstić information content (AvgIpc) is 3.36. The third kappa shape index (κ3) is 3.54. The summed E-state index contributed by atoms with van der Waals surface area (Å²) in [6, 6.07) is 13.6. The number of pyridine rings is 1. The van der Waals surface area contributed by atoms with Crippen LogP contribution in [0.25, 0.3) is 16.4 Å². The van der Waals surface area contributed by atoms with E-state index in [4.69, 9.17) is 0 Å². The Balaban J connectivity index is 1.57. The average molecular weight is 390 g/mol. The lowest BCUT2D eigenvalue weighted by atomic mass is 10.2. The van der Waals surface area contributed by atoms with Crippen molar-refractivity contribution in [3.05, 3.63) is 71.7 Å². The molecule has 1 N–H and O–H groups in total. The number of nitrogens with zero attached hydrogens (tertiary/aromatic N) is 5. The SMILES string of the molecule is CCc1c(C(=O)Nc2nnc(-c3ccccn3)s2)cnn1-c1ccc(C)cc1. The van der Waals surface area contributed by atoms with E-state index in [0.717, 1.165) is 17.1 Å². The molecule has 0 unspecified atom stereocenters. The molecule has 0 saturated heterocycles. The lowest BCUT2D eigenvalue weighted by Crippen LogP contribution is -2.14. The highest BCUT2D eigenvalue weighted by Crippen LogP contribution is 2.25. The number of rotatable bonds is 5. The Bertz CT molecular complexity index is 1100. The van der Waals surface area contributed by atoms with Gasteiger partial charge in [-0.2, -0.15) is 5.10 Å². The first kappa shape index (κ1) is 18.0. The standard InChI is InChI=1S/C20H18N6OS/c1-3-17-15(12-22-26(17)14-9-7-13(2)8-10-14)18(27)23-20-25-24-19(28-20)16-6-4-5-11-21-16/h4-12H,3H2,1-2H3,(H,23,25,27). The fraction of sp³-hybridized carbons (Fsp3) is 0.150. The van der Waals surface area contributed by atoms with Crippen molar-refractivity contribution in [1.29, 1.82) is 0 Å². The number of benzene rings is 1. The van der Waals surface area contributed by atoms with E-state index in [1.807, 2.05) is 56.3 Å². The van der Waals surface area contributed by atoms with Crippen molar-refractivity contribution >= 4 is 22.4 Å². The largest absolute Gasteiger partial charge is 0.296 e. The van der Waals surface area contributed by atoms with E-state index in [1.165, 1.54) is 16.9 Å². The van der Waals surface area contributed by atoms with Gasteiger partial charge in [-0.1, -0.05) is 42.0 Å². The van der Waals surface area contributed by atoms with Crippen LogP contribution < -0.4 is 5.32 Å². The fourth-order valence-corrected chi connectivity index (χ4v) is 3.56. The highest BCUT2D eigenvalue weighted by molar-refractivity contribution is 7.18. The van der Waals surface area contributed by atoms with E-state index in [0.29, 0.717) is 22.1 Å². The molecule has 4 aromatic rings. The van der Waals surface area contributed by atoms with Crippen LogP contribution in [0.1, 0.15) is 28.5 Å². The smallest absolute Gasteiger partial charge is 0.260 e. The first-order valence-corrected chi connectivity index (χ1v) is 9.67. The zero-order chi connectivity index (χ0) is 19.5. The summed E-state index contributed by atoms with van der Waals surface area (Å²) in [7, 11) is 0. The highest BCUT2D eigenvalue weighted by atomic mass is 32.1. The molecule has 0 saturated carbocycles. The monoisotopic (exact) mass is 390 g/mol. The third-order valence-electron chi connectivity index (χ3n) is 4.26. The van der Waals surface area contributed by atoms with Crippen molar-refractivity contribution in [3.63, 3.8) is 0 Å². The summed E-state index contributed by atoms with van der Waals surface area (Å²) in [6.45, 7) is 4.04. The van der Waals surface area contributed by atoms with Crippen molar-refractivity contribution in [2.45, 2.75) is 20.3 Å². The summed E-state index contributed by atoms with van der Waals surface area (Å²) < 4.78 is 1.80. The fourth-order valence-electron chi connectivity index (χ4n) is 2.84. The zero-order valence-corrected chi connectivity index (χ0v) is 16.3. The number of carbonyl (C=O) groups excluding carboxylic acids is 1. The molecule has 4 rings (SSSR count). The third-order valence-corrected chi connectivity index (χ3v) is 5.12. The van der Waals surface area contributed by atoms with Crippen molar-refractivity contribution in [2.24, 2.45) is 0 Å². The van der Waals surface area contributed by atoms with Gasteiger partial charge in [-0.15, -0.1) is 10.2 Å². The van der Waals surface area contributed by atoms with E-state index in [1.54, 1.807) is 17.1 Å². The van der Waals surface area contributed by atoms with E-state index in [9.17, 15) is 4.79 Å². The van der Waals surface area contributed by atoms with E-state index in [2.05, 4.69) is 25.6 Å². The Morgan fingerprint density at radius 2 is 1.96 bits per heavy atom. The van der Waals surface area contributed by atoms with Crippen LogP contribution in [-0.2, 0) is 6.42 Å². The summed E-state index contributed by atoms with van der Waals surface area (Å²) in [5.74, 6) is -0.251. The molecule has 0 aliphatic heterocycles. The molecule has 0 atom stereocenters. The summed E-state index contributed by atoms with van der Waals surface area (Å²) in [5.41, 5.74) is 4.19. The van der Waals surface area contributed by atoms with Crippen LogP contribution in [0.3, 0.4) is 0 Å². The van der Waals surface area contributed by atoms with Crippen LogP contribution in [0.5, 0.6) is 0 Å². The Morgan fingerprint density at radius 1 is 1.14 bits per heavy atom. The summed E-state index contributed by atoms with van der Waals surface area (Å²) in [5, 5.41) is 16.5. The van der Waals surface area contributed by atoms with Gasteiger partial charge in [-0.25, -0.2) is 4.68 Å². The number of hydrogen-bond donors (Lipinski definition) is 1. The second-order valence-electron chi connectivity index (χ2n) is 6.19. The number of aromatic nitrogens is 5. The van der Waals surface area contributed by atoms with Crippen LogP contribution >= 0.6 is 11.3 Å². The number of anilines is 1. The topological polar surface area (TPSA) is 85.6 Å². The Morgan fingerprint density at radius 3 is 2.68 bits per heavy atom. The molecule has 8 heteroatoms. The minimum atomic E-state index is -0.251. The van der Waals surface area contributed by atoms with Gasteiger partial charge < -0.3 is 0 Å². The second-order valence-corrected chi connectivity index (χ2v) is 7.16. The van der Waals surface area contributed by atoms with Gasteiger partial charge in [0.05, 0.1) is 23.1 Å². The van der Waals surface area contributed by atoms with Gasteiger partial charge in [0.1, 0.15) is 5.69 Å². The van der Waals surface area contributed by atoms with E-state index >= 15 is 0 Å². The Kier molecular flexibility index (Phi) is 4.94. The Hall–Kier alpha value is -3.39. The number of carbonyl (C=O) groups is 1. The summed E-state index contributed by atoms with van der Waals surface area (Å²) in [4.78, 5) is 17.0. The van der Waals surface area contributed by atoms with Gasteiger partial charge >= 0.3 is 0 Å². The molecule has 3 heterocycles. The number of aryl methyl sites for hydroxylation is 1. The first-order chi connectivity index (χ1) is 13.7. The molecule has 0 radical (unpaired) electrons. The molecule has 7 nitrogen and oxygen atoms in total. The molecule has 1 aromatic carbocycles. The van der Waals surface area contributed by atoms with Crippen LogP contribution in [-0.4, -0.2) is 30.9 Å². The number of amides is 1.